The molecule has 2 rings (SSSR count). The highest BCUT2D eigenvalue weighted by atomic mass is 32.1. The molecule has 2 aromatic rings. The zero-order valence-electron chi connectivity index (χ0n) is 13.1. The summed E-state index contributed by atoms with van der Waals surface area (Å²) in [6.45, 7) is 0.358. The molecule has 0 spiro atoms. The molecule has 0 fully saturated rings. The van der Waals surface area contributed by atoms with Crippen LogP contribution in [-0.4, -0.2) is 34.7 Å². The summed E-state index contributed by atoms with van der Waals surface area (Å²) in [6, 6.07) is 9.07. The van der Waals surface area contributed by atoms with E-state index in [1.165, 1.54) is 11.3 Å². The Labute approximate surface area is 143 Å². The van der Waals surface area contributed by atoms with Crippen LogP contribution in [0.5, 0.6) is 0 Å². The van der Waals surface area contributed by atoms with Gasteiger partial charge < -0.3 is 21.5 Å². The Morgan fingerprint density at radius 3 is 2.71 bits per heavy atom. The van der Waals surface area contributed by atoms with E-state index in [9.17, 15) is 9.59 Å². The zero-order valence-corrected chi connectivity index (χ0v) is 13.9. The van der Waals surface area contributed by atoms with Gasteiger partial charge in [0.05, 0.1) is 11.7 Å². The molecule has 0 bridgehead atoms. The predicted molar refractivity (Wildman–Crippen MR) is 94.0 cm³/mol. The van der Waals surface area contributed by atoms with Crippen LogP contribution < -0.4 is 16.4 Å². The summed E-state index contributed by atoms with van der Waals surface area (Å²) in [5.74, 6) is -0.282. The standard InChI is InChI=1S/C16H20N4O3S/c17-12(8-4-5-9-18-16(22)23)14(21)20-15-19-13(10-24-15)11-6-2-1-3-7-11/h1-3,6-7,10,12,18H,4-5,8-9,17H2,(H,22,23)(H,19,20,21). The van der Waals surface area contributed by atoms with Crippen LogP contribution >= 0.6 is 11.3 Å². The van der Waals surface area contributed by atoms with E-state index in [1.807, 2.05) is 35.7 Å². The third-order valence-corrected chi connectivity index (χ3v) is 4.12. The maximum atomic E-state index is 12.1. The molecule has 1 aromatic heterocycles. The molecule has 0 aliphatic carbocycles. The van der Waals surface area contributed by atoms with Gasteiger partial charge in [0.15, 0.2) is 5.13 Å². The van der Waals surface area contributed by atoms with E-state index in [2.05, 4.69) is 15.6 Å². The second-order valence-corrected chi connectivity index (χ2v) is 6.09. The Morgan fingerprint density at radius 2 is 2.00 bits per heavy atom. The van der Waals surface area contributed by atoms with Crippen LogP contribution in [0.2, 0.25) is 0 Å². The first-order valence-electron chi connectivity index (χ1n) is 7.60. The molecule has 128 valence electrons. The first-order valence-corrected chi connectivity index (χ1v) is 8.48. The number of thiazole rings is 1. The Bertz CT molecular complexity index is 675. The van der Waals surface area contributed by atoms with Crippen LogP contribution in [0.4, 0.5) is 9.93 Å². The van der Waals surface area contributed by atoms with Crippen LogP contribution in [0, 0.1) is 0 Å². The first-order chi connectivity index (χ1) is 11.6. The van der Waals surface area contributed by atoms with Gasteiger partial charge in [-0.2, -0.15) is 0 Å². The molecule has 1 atom stereocenters. The third kappa shape index (κ3) is 5.64. The van der Waals surface area contributed by atoms with Crippen molar-refractivity contribution in [2.24, 2.45) is 5.73 Å². The number of amides is 2. The molecule has 0 radical (unpaired) electrons. The van der Waals surface area contributed by atoms with Gasteiger partial charge in [-0.15, -0.1) is 11.3 Å². The monoisotopic (exact) mass is 348 g/mol. The minimum atomic E-state index is -1.05. The number of aromatic nitrogens is 1. The van der Waals surface area contributed by atoms with Gasteiger partial charge in [0, 0.05) is 17.5 Å². The van der Waals surface area contributed by atoms with Gasteiger partial charge in [0.2, 0.25) is 5.91 Å². The number of nitrogens with one attached hydrogen (secondary N) is 2. The van der Waals surface area contributed by atoms with E-state index in [0.717, 1.165) is 11.3 Å². The number of carbonyl (C=O) groups is 2. The average molecular weight is 348 g/mol. The number of benzene rings is 1. The quantitative estimate of drug-likeness (QED) is 0.547. The lowest BCUT2D eigenvalue weighted by atomic mass is 10.1. The van der Waals surface area contributed by atoms with Crippen LogP contribution in [0.3, 0.4) is 0 Å². The van der Waals surface area contributed by atoms with Crippen LogP contribution in [0.1, 0.15) is 19.3 Å². The molecule has 1 heterocycles. The van der Waals surface area contributed by atoms with E-state index in [4.69, 9.17) is 10.8 Å². The molecule has 0 saturated heterocycles. The normalized spacial score (nSPS) is 11.7. The molecular formula is C16H20N4O3S. The summed E-state index contributed by atoms with van der Waals surface area (Å²) in [7, 11) is 0. The zero-order chi connectivity index (χ0) is 17.4. The van der Waals surface area contributed by atoms with Crippen molar-refractivity contribution in [2.45, 2.75) is 25.3 Å². The highest BCUT2D eigenvalue weighted by Crippen LogP contribution is 2.24. The van der Waals surface area contributed by atoms with E-state index >= 15 is 0 Å². The van der Waals surface area contributed by atoms with Crippen LogP contribution in [0.25, 0.3) is 11.3 Å². The Balaban J connectivity index is 1.77. The highest BCUT2D eigenvalue weighted by molar-refractivity contribution is 7.14. The molecular weight excluding hydrogens is 328 g/mol. The summed E-state index contributed by atoms with van der Waals surface area (Å²) in [4.78, 5) is 26.7. The van der Waals surface area contributed by atoms with Gasteiger partial charge >= 0.3 is 6.09 Å². The molecule has 1 aromatic carbocycles. The van der Waals surface area contributed by atoms with E-state index in [0.29, 0.717) is 30.9 Å². The van der Waals surface area contributed by atoms with Crippen molar-refractivity contribution in [1.82, 2.24) is 10.3 Å². The molecule has 5 N–H and O–H groups in total. The fourth-order valence-corrected chi connectivity index (χ4v) is 2.81. The lowest BCUT2D eigenvalue weighted by Gasteiger charge is -2.10. The predicted octanol–water partition coefficient (Wildman–Crippen LogP) is 2.51. The van der Waals surface area contributed by atoms with Gasteiger partial charge in [-0.05, 0) is 19.3 Å². The Hall–Kier alpha value is -2.45. The van der Waals surface area contributed by atoms with Gasteiger partial charge in [-0.3, -0.25) is 4.79 Å². The molecule has 7 nitrogen and oxygen atoms in total. The number of hydrogen-bond donors (Lipinski definition) is 4. The summed E-state index contributed by atoms with van der Waals surface area (Å²) in [5.41, 5.74) is 7.65. The number of hydrogen-bond acceptors (Lipinski definition) is 5. The molecule has 2 amide bonds. The first kappa shape index (κ1) is 17.9. The van der Waals surface area contributed by atoms with Gasteiger partial charge in [0.1, 0.15) is 0 Å². The van der Waals surface area contributed by atoms with Crippen molar-refractivity contribution in [2.75, 3.05) is 11.9 Å². The number of rotatable bonds is 8. The SMILES string of the molecule is NC(CCCCNC(=O)O)C(=O)Nc1nc(-c2ccccc2)cs1. The van der Waals surface area contributed by atoms with Crippen molar-refractivity contribution in [3.05, 3.63) is 35.7 Å². The van der Waals surface area contributed by atoms with E-state index in [-0.39, 0.29) is 5.91 Å². The summed E-state index contributed by atoms with van der Waals surface area (Å²) in [6.07, 6.45) is 0.754. The van der Waals surface area contributed by atoms with Gasteiger partial charge in [-0.25, -0.2) is 9.78 Å². The second kappa shape index (κ2) is 8.99. The van der Waals surface area contributed by atoms with Crippen molar-refractivity contribution in [1.29, 1.82) is 0 Å². The molecule has 8 heteroatoms. The average Bonchev–Trinajstić information content (AvgIpc) is 3.03. The van der Waals surface area contributed by atoms with Gasteiger partial charge in [0.25, 0.3) is 0 Å². The van der Waals surface area contributed by atoms with Crippen LogP contribution in [-0.2, 0) is 4.79 Å². The minimum Gasteiger partial charge on any atom is -0.465 e. The van der Waals surface area contributed by atoms with Crippen LogP contribution in [0.15, 0.2) is 35.7 Å². The molecule has 0 saturated carbocycles. The number of anilines is 1. The molecule has 24 heavy (non-hydrogen) atoms. The number of nitrogens with zero attached hydrogens (tertiary/aromatic N) is 1. The lowest BCUT2D eigenvalue weighted by Crippen LogP contribution is -2.35. The highest BCUT2D eigenvalue weighted by Gasteiger charge is 2.15. The molecule has 0 aliphatic heterocycles. The van der Waals surface area contributed by atoms with Crippen molar-refractivity contribution in [3.63, 3.8) is 0 Å². The summed E-state index contributed by atoms with van der Waals surface area (Å²) in [5, 5.41) is 15.8. The Morgan fingerprint density at radius 1 is 1.25 bits per heavy atom. The second-order valence-electron chi connectivity index (χ2n) is 5.23. The summed E-state index contributed by atoms with van der Waals surface area (Å²) < 4.78 is 0. The largest absolute Gasteiger partial charge is 0.465 e. The fourth-order valence-electron chi connectivity index (χ4n) is 2.09. The number of unbranched alkanes of at least 4 members (excludes halogenated alkanes) is 1. The van der Waals surface area contributed by atoms with E-state index in [1.54, 1.807) is 0 Å². The number of carbonyl (C=O) groups excluding carboxylic acids is 1. The third-order valence-electron chi connectivity index (χ3n) is 3.36. The van der Waals surface area contributed by atoms with E-state index < -0.39 is 12.1 Å². The van der Waals surface area contributed by atoms with Crippen molar-refractivity contribution >= 4 is 28.5 Å². The number of carboxylic acid groups (broad SMARTS) is 1. The Kier molecular flexibility index (Phi) is 6.71. The van der Waals surface area contributed by atoms with Crippen molar-refractivity contribution in [3.8, 4) is 11.3 Å². The minimum absolute atomic E-state index is 0.282. The number of nitrogens with two attached hydrogens (primary N) is 1. The molecule has 0 aliphatic rings. The van der Waals surface area contributed by atoms with Gasteiger partial charge in [-0.1, -0.05) is 30.3 Å². The maximum absolute atomic E-state index is 12.1. The maximum Gasteiger partial charge on any atom is 0.404 e. The lowest BCUT2D eigenvalue weighted by molar-refractivity contribution is -0.117. The summed E-state index contributed by atoms with van der Waals surface area (Å²) >= 11 is 1.35. The fraction of sp³-hybridized carbons (Fsp3) is 0.312. The van der Waals surface area contributed by atoms with Crippen molar-refractivity contribution < 1.29 is 14.7 Å². The topological polar surface area (TPSA) is 117 Å². The molecule has 1 unspecified atom stereocenters. The smallest absolute Gasteiger partial charge is 0.404 e.